The van der Waals surface area contributed by atoms with Gasteiger partial charge in [-0.3, -0.25) is 9.59 Å². The zero-order valence-corrected chi connectivity index (χ0v) is 11.5. The molecule has 0 aromatic heterocycles. The van der Waals surface area contributed by atoms with E-state index in [4.69, 9.17) is 33.3 Å². The fourth-order valence-electron chi connectivity index (χ4n) is 1.92. The fraction of sp³-hybridized carbons (Fsp3) is 0.385. The number of carboxylic acids is 2. The number of carbonyl (C=O) groups is 2. The van der Waals surface area contributed by atoms with Crippen LogP contribution in [0, 0.1) is 0 Å². The van der Waals surface area contributed by atoms with Crippen LogP contribution in [0.4, 0.5) is 0 Å². The first-order valence-electron chi connectivity index (χ1n) is 6.03. The van der Waals surface area contributed by atoms with Crippen molar-refractivity contribution in [1.29, 1.82) is 0 Å². The lowest BCUT2D eigenvalue weighted by Crippen LogP contribution is -2.36. The maximum absolute atomic E-state index is 10.8. The minimum absolute atomic E-state index is 0.109. The summed E-state index contributed by atoms with van der Waals surface area (Å²) >= 11 is 5.79. The number of halogens is 1. The molecule has 0 aliphatic rings. The summed E-state index contributed by atoms with van der Waals surface area (Å²) in [7, 11) is 0. The average Bonchev–Trinajstić information content (AvgIpc) is 2.38. The molecule has 0 heterocycles. The predicted octanol–water partition coefficient (Wildman–Crippen LogP) is 1.03. The Morgan fingerprint density at radius 2 is 1.40 bits per heavy atom. The van der Waals surface area contributed by atoms with Crippen molar-refractivity contribution in [3.8, 4) is 0 Å². The molecule has 0 radical (unpaired) electrons. The predicted molar refractivity (Wildman–Crippen MR) is 74.6 cm³/mol. The van der Waals surface area contributed by atoms with Crippen LogP contribution < -0.4 is 11.5 Å². The molecule has 0 aliphatic carbocycles. The summed E-state index contributed by atoms with van der Waals surface area (Å²) in [6, 6.07) is 4.60. The summed E-state index contributed by atoms with van der Waals surface area (Å²) in [6.07, 6.45) is 0.218. The van der Waals surface area contributed by atoms with Crippen LogP contribution in [-0.2, 0) is 9.59 Å². The third-order valence-corrected chi connectivity index (χ3v) is 3.30. The third kappa shape index (κ3) is 4.80. The van der Waals surface area contributed by atoms with Crippen molar-refractivity contribution in [2.75, 3.05) is 0 Å². The quantitative estimate of drug-likeness (QED) is 0.595. The van der Waals surface area contributed by atoms with Gasteiger partial charge in [-0.15, -0.1) is 0 Å². The van der Waals surface area contributed by atoms with Gasteiger partial charge in [-0.2, -0.15) is 0 Å². The first-order valence-corrected chi connectivity index (χ1v) is 6.41. The lowest BCUT2D eigenvalue weighted by Gasteiger charge is -2.21. The van der Waals surface area contributed by atoms with Gasteiger partial charge >= 0.3 is 11.9 Å². The molecule has 2 atom stereocenters. The minimum Gasteiger partial charge on any atom is -0.480 e. The molecule has 6 nitrogen and oxygen atoms in total. The number of aliphatic carboxylic acids is 2. The topological polar surface area (TPSA) is 127 Å². The molecule has 1 aromatic rings. The van der Waals surface area contributed by atoms with E-state index in [-0.39, 0.29) is 18.8 Å². The van der Waals surface area contributed by atoms with Crippen molar-refractivity contribution < 1.29 is 19.8 Å². The SMILES string of the molecule is NC(CC(CC(N)C(=O)O)c1ccc(Cl)cc1)C(=O)O. The largest absolute Gasteiger partial charge is 0.480 e. The molecular formula is C13H17ClN2O4. The summed E-state index contributed by atoms with van der Waals surface area (Å²) in [4.78, 5) is 21.7. The highest BCUT2D eigenvalue weighted by Crippen LogP contribution is 2.27. The van der Waals surface area contributed by atoms with Crippen molar-refractivity contribution >= 4 is 23.5 Å². The molecule has 2 unspecified atom stereocenters. The zero-order chi connectivity index (χ0) is 15.3. The Kier molecular flexibility index (Phi) is 5.94. The van der Waals surface area contributed by atoms with Crippen LogP contribution in [0.25, 0.3) is 0 Å². The van der Waals surface area contributed by atoms with Gasteiger partial charge < -0.3 is 21.7 Å². The van der Waals surface area contributed by atoms with E-state index in [1.807, 2.05) is 0 Å². The molecular weight excluding hydrogens is 284 g/mol. The molecule has 0 aliphatic heterocycles. The Bertz CT molecular complexity index is 456. The van der Waals surface area contributed by atoms with E-state index in [9.17, 15) is 9.59 Å². The standard InChI is InChI=1S/C13H17ClN2O4/c14-9-3-1-7(2-4-9)8(5-10(15)12(17)18)6-11(16)13(19)20/h1-4,8,10-11H,5-6,15-16H2,(H,17,18)(H,19,20). The maximum atomic E-state index is 10.8. The zero-order valence-electron chi connectivity index (χ0n) is 10.7. The Hall–Kier alpha value is -1.63. The highest BCUT2D eigenvalue weighted by Gasteiger charge is 2.24. The van der Waals surface area contributed by atoms with E-state index in [2.05, 4.69) is 0 Å². The molecule has 0 bridgehead atoms. The van der Waals surface area contributed by atoms with Gasteiger partial charge in [-0.05, 0) is 36.5 Å². The van der Waals surface area contributed by atoms with E-state index in [0.29, 0.717) is 5.02 Å². The molecule has 1 rings (SSSR count). The van der Waals surface area contributed by atoms with Gasteiger partial charge in [-0.1, -0.05) is 23.7 Å². The molecule has 20 heavy (non-hydrogen) atoms. The van der Waals surface area contributed by atoms with E-state index in [0.717, 1.165) is 5.56 Å². The fourth-order valence-corrected chi connectivity index (χ4v) is 2.04. The average molecular weight is 301 g/mol. The van der Waals surface area contributed by atoms with Crippen LogP contribution in [0.1, 0.15) is 24.3 Å². The number of rotatable bonds is 7. The first-order chi connectivity index (χ1) is 9.31. The van der Waals surface area contributed by atoms with Gasteiger partial charge in [0.15, 0.2) is 0 Å². The van der Waals surface area contributed by atoms with E-state index < -0.39 is 24.0 Å². The van der Waals surface area contributed by atoms with Crippen molar-refractivity contribution in [2.45, 2.75) is 30.8 Å². The Balaban J connectivity index is 2.91. The maximum Gasteiger partial charge on any atom is 0.320 e. The van der Waals surface area contributed by atoms with Crippen LogP contribution in [0.15, 0.2) is 24.3 Å². The number of carboxylic acid groups (broad SMARTS) is 2. The van der Waals surface area contributed by atoms with E-state index in [1.54, 1.807) is 24.3 Å². The molecule has 0 amide bonds. The Labute approximate surface area is 121 Å². The Morgan fingerprint density at radius 1 is 1.00 bits per heavy atom. The number of hydrogen-bond donors (Lipinski definition) is 4. The van der Waals surface area contributed by atoms with Crippen molar-refractivity contribution in [3.05, 3.63) is 34.9 Å². The van der Waals surface area contributed by atoms with Crippen LogP contribution in [0.2, 0.25) is 5.02 Å². The van der Waals surface area contributed by atoms with Crippen molar-refractivity contribution in [1.82, 2.24) is 0 Å². The molecule has 0 spiro atoms. The third-order valence-electron chi connectivity index (χ3n) is 3.05. The van der Waals surface area contributed by atoms with Gasteiger partial charge in [0.25, 0.3) is 0 Å². The highest BCUT2D eigenvalue weighted by molar-refractivity contribution is 6.30. The second kappa shape index (κ2) is 7.23. The summed E-state index contributed by atoms with van der Waals surface area (Å²) in [6.45, 7) is 0. The second-order valence-corrected chi connectivity index (χ2v) is 5.05. The minimum atomic E-state index is -1.13. The van der Waals surface area contributed by atoms with Crippen LogP contribution in [-0.4, -0.2) is 34.2 Å². The molecule has 0 saturated heterocycles. The molecule has 6 N–H and O–H groups in total. The smallest absolute Gasteiger partial charge is 0.320 e. The van der Waals surface area contributed by atoms with Gasteiger partial charge in [0.2, 0.25) is 0 Å². The number of hydrogen-bond acceptors (Lipinski definition) is 4. The Morgan fingerprint density at radius 3 is 1.75 bits per heavy atom. The van der Waals surface area contributed by atoms with Crippen LogP contribution in [0.5, 0.6) is 0 Å². The summed E-state index contributed by atoms with van der Waals surface area (Å²) in [5, 5.41) is 18.3. The summed E-state index contributed by atoms with van der Waals surface area (Å²) in [5.74, 6) is -2.62. The monoisotopic (exact) mass is 300 g/mol. The molecule has 110 valence electrons. The molecule has 0 fully saturated rings. The first kappa shape index (κ1) is 16.4. The van der Waals surface area contributed by atoms with Gasteiger partial charge in [0.05, 0.1) is 0 Å². The van der Waals surface area contributed by atoms with Crippen molar-refractivity contribution in [3.63, 3.8) is 0 Å². The van der Waals surface area contributed by atoms with E-state index >= 15 is 0 Å². The molecule has 1 aromatic carbocycles. The van der Waals surface area contributed by atoms with E-state index in [1.165, 1.54) is 0 Å². The van der Waals surface area contributed by atoms with Gasteiger partial charge in [0, 0.05) is 5.02 Å². The van der Waals surface area contributed by atoms with Crippen LogP contribution >= 0.6 is 11.6 Å². The summed E-state index contributed by atoms with van der Waals surface area (Å²) in [5.41, 5.74) is 11.8. The number of nitrogens with two attached hydrogens (primary N) is 2. The lowest BCUT2D eigenvalue weighted by molar-refractivity contribution is -0.139. The van der Waals surface area contributed by atoms with Gasteiger partial charge in [-0.25, -0.2) is 0 Å². The molecule has 7 heteroatoms. The number of benzene rings is 1. The lowest BCUT2D eigenvalue weighted by atomic mass is 9.87. The molecule has 0 saturated carbocycles. The van der Waals surface area contributed by atoms with Crippen molar-refractivity contribution in [2.24, 2.45) is 11.5 Å². The normalized spacial score (nSPS) is 15.3. The highest BCUT2D eigenvalue weighted by atomic mass is 35.5. The second-order valence-electron chi connectivity index (χ2n) is 4.61. The van der Waals surface area contributed by atoms with Crippen LogP contribution in [0.3, 0.4) is 0 Å². The summed E-state index contributed by atoms with van der Waals surface area (Å²) < 4.78 is 0. The van der Waals surface area contributed by atoms with Gasteiger partial charge in [0.1, 0.15) is 12.1 Å².